The van der Waals surface area contributed by atoms with Gasteiger partial charge in [0.15, 0.2) is 19.4 Å². The second-order valence-electron chi connectivity index (χ2n) is 4.48. The lowest BCUT2D eigenvalue weighted by Crippen LogP contribution is -2.09. The Balaban J connectivity index is 3.34. The van der Waals surface area contributed by atoms with Crippen molar-refractivity contribution in [3.8, 4) is 17.2 Å². The largest absolute Gasteiger partial charge is 0.507 e. The molecular formula is C15H22O6. The molecule has 0 fully saturated rings. The van der Waals surface area contributed by atoms with Crippen molar-refractivity contribution in [1.29, 1.82) is 0 Å². The molecule has 0 atom stereocenters. The van der Waals surface area contributed by atoms with E-state index in [1.807, 2.05) is 6.92 Å². The van der Waals surface area contributed by atoms with Crippen LogP contribution in [0.2, 0.25) is 0 Å². The Morgan fingerprint density at radius 3 is 2.19 bits per heavy atom. The molecule has 0 aliphatic carbocycles. The first-order chi connectivity index (χ1) is 10.1. The Hall–Kier alpha value is -1.79. The lowest BCUT2D eigenvalue weighted by Gasteiger charge is -2.18. The van der Waals surface area contributed by atoms with Gasteiger partial charge >= 0.3 is 0 Å². The van der Waals surface area contributed by atoms with Crippen LogP contribution in [0, 0.1) is 0 Å². The summed E-state index contributed by atoms with van der Waals surface area (Å²) in [6, 6.07) is 1.58. The Kier molecular flexibility index (Phi) is 6.98. The third kappa shape index (κ3) is 4.34. The molecule has 0 heterocycles. The molecule has 118 valence electrons. The number of ether oxygens (including phenoxy) is 4. The molecule has 0 bridgehead atoms. The topological polar surface area (TPSA) is 74.2 Å². The minimum Gasteiger partial charge on any atom is -0.507 e. The minimum atomic E-state index is -0.283. The van der Waals surface area contributed by atoms with Gasteiger partial charge in [0.1, 0.15) is 22.8 Å². The molecule has 0 aromatic heterocycles. The van der Waals surface area contributed by atoms with E-state index in [0.717, 1.165) is 6.42 Å². The normalized spacial score (nSPS) is 10.5. The van der Waals surface area contributed by atoms with Crippen LogP contribution < -0.4 is 9.47 Å². The quantitative estimate of drug-likeness (QED) is 0.558. The van der Waals surface area contributed by atoms with Crippen molar-refractivity contribution in [3.63, 3.8) is 0 Å². The number of aromatic hydroxyl groups is 1. The highest BCUT2D eigenvalue weighted by Gasteiger charge is 2.22. The van der Waals surface area contributed by atoms with Crippen molar-refractivity contribution >= 4 is 5.78 Å². The van der Waals surface area contributed by atoms with Crippen LogP contribution in [-0.2, 0) is 15.9 Å². The fourth-order valence-corrected chi connectivity index (χ4v) is 1.98. The van der Waals surface area contributed by atoms with E-state index in [4.69, 9.17) is 18.9 Å². The van der Waals surface area contributed by atoms with Gasteiger partial charge in [-0.15, -0.1) is 0 Å². The summed E-state index contributed by atoms with van der Waals surface area (Å²) in [5, 5.41) is 10.4. The molecule has 1 rings (SSSR count). The maximum absolute atomic E-state index is 11.8. The van der Waals surface area contributed by atoms with Crippen molar-refractivity contribution in [2.75, 3.05) is 27.8 Å². The van der Waals surface area contributed by atoms with Gasteiger partial charge in [0.05, 0.1) is 0 Å². The SMILES string of the molecule is CCCc1c(OCOC)cc(OCOC)c(C(C)=O)c1O. The highest BCUT2D eigenvalue weighted by Crippen LogP contribution is 2.39. The summed E-state index contributed by atoms with van der Waals surface area (Å²) in [4.78, 5) is 11.8. The summed E-state index contributed by atoms with van der Waals surface area (Å²) < 4.78 is 20.5. The molecule has 0 aliphatic heterocycles. The summed E-state index contributed by atoms with van der Waals surface area (Å²) in [6.45, 7) is 3.36. The van der Waals surface area contributed by atoms with E-state index < -0.39 is 0 Å². The first-order valence-electron chi connectivity index (χ1n) is 6.70. The van der Waals surface area contributed by atoms with E-state index >= 15 is 0 Å². The molecule has 6 nitrogen and oxygen atoms in total. The number of ketones is 1. The van der Waals surface area contributed by atoms with E-state index in [1.54, 1.807) is 6.07 Å². The van der Waals surface area contributed by atoms with Gasteiger partial charge in [-0.05, 0) is 13.3 Å². The summed E-state index contributed by atoms with van der Waals surface area (Å²) in [5.74, 6) is 0.276. The Bertz CT molecular complexity index is 484. The summed E-state index contributed by atoms with van der Waals surface area (Å²) >= 11 is 0. The summed E-state index contributed by atoms with van der Waals surface area (Å²) in [6.07, 6.45) is 1.38. The van der Waals surface area contributed by atoms with E-state index in [0.29, 0.717) is 17.7 Å². The standard InChI is InChI=1S/C15H22O6/c1-5-6-11-12(20-8-18-3)7-13(21-9-19-4)14(10(2)16)15(11)17/h7,17H,5-6,8-9H2,1-4H3. The van der Waals surface area contributed by atoms with E-state index in [9.17, 15) is 9.90 Å². The van der Waals surface area contributed by atoms with Crippen LogP contribution in [0.4, 0.5) is 0 Å². The maximum atomic E-state index is 11.8. The third-order valence-electron chi connectivity index (χ3n) is 2.85. The van der Waals surface area contributed by atoms with Gasteiger partial charge in [-0.3, -0.25) is 4.79 Å². The molecule has 21 heavy (non-hydrogen) atoms. The number of benzene rings is 1. The molecule has 1 aromatic carbocycles. The van der Waals surface area contributed by atoms with Gasteiger partial charge in [0.25, 0.3) is 0 Å². The van der Waals surface area contributed by atoms with Crippen LogP contribution >= 0.6 is 0 Å². The zero-order valence-electron chi connectivity index (χ0n) is 12.9. The summed E-state index contributed by atoms with van der Waals surface area (Å²) in [5.41, 5.74) is 0.713. The molecule has 1 N–H and O–H groups in total. The lowest BCUT2D eigenvalue weighted by molar-refractivity contribution is 0.0448. The van der Waals surface area contributed by atoms with Crippen LogP contribution in [0.15, 0.2) is 6.07 Å². The molecule has 6 heteroatoms. The van der Waals surface area contributed by atoms with Gasteiger partial charge < -0.3 is 24.1 Å². The molecule has 0 spiro atoms. The van der Waals surface area contributed by atoms with Crippen LogP contribution in [-0.4, -0.2) is 38.7 Å². The Morgan fingerprint density at radius 2 is 1.71 bits per heavy atom. The lowest BCUT2D eigenvalue weighted by atomic mass is 10.00. The number of hydrogen-bond donors (Lipinski definition) is 1. The zero-order chi connectivity index (χ0) is 15.8. The summed E-state index contributed by atoms with van der Waals surface area (Å²) in [7, 11) is 2.98. The first kappa shape index (κ1) is 17.3. The number of rotatable bonds is 9. The molecular weight excluding hydrogens is 276 g/mol. The zero-order valence-corrected chi connectivity index (χ0v) is 12.9. The van der Waals surface area contributed by atoms with E-state index in [1.165, 1.54) is 21.1 Å². The molecule has 0 saturated carbocycles. The van der Waals surface area contributed by atoms with Crippen LogP contribution in [0.5, 0.6) is 17.2 Å². The second kappa shape index (κ2) is 8.49. The van der Waals surface area contributed by atoms with Gasteiger partial charge in [0.2, 0.25) is 0 Å². The molecule has 0 aliphatic rings. The van der Waals surface area contributed by atoms with Crippen molar-refractivity contribution in [3.05, 3.63) is 17.2 Å². The first-order valence-corrected chi connectivity index (χ1v) is 6.70. The number of phenolic OH excluding ortho intramolecular Hbond substituents is 1. The minimum absolute atomic E-state index is 0.0312. The smallest absolute Gasteiger partial charge is 0.188 e. The van der Waals surface area contributed by atoms with Crippen LogP contribution in [0.3, 0.4) is 0 Å². The highest BCUT2D eigenvalue weighted by molar-refractivity contribution is 6.00. The Labute approximate surface area is 124 Å². The van der Waals surface area contributed by atoms with E-state index in [-0.39, 0.29) is 36.4 Å². The van der Waals surface area contributed by atoms with Gasteiger partial charge in [-0.2, -0.15) is 0 Å². The molecule has 0 saturated heterocycles. The van der Waals surface area contributed by atoms with Crippen molar-refractivity contribution in [2.45, 2.75) is 26.7 Å². The van der Waals surface area contributed by atoms with E-state index in [2.05, 4.69) is 0 Å². The molecule has 0 amide bonds. The molecule has 0 radical (unpaired) electrons. The van der Waals surface area contributed by atoms with Crippen molar-refractivity contribution in [1.82, 2.24) is 0 Å². The van der Waals surface area contributed by atoms with Crippen LogP contribution in [0.1, 0.15) is 36.2 Å². The van der Waals surface area contributed by atoms with Crippen LogP contribution in [0.25, 0.3) is 0 Å². The number of Topliss-reactive ketones (excluding diaryl/α,β-unsaturated/α-hetero) is 1. The average Bonchev–Trinajstić information content (AvgIpc) is 2.45. The highest BCUT2D eigenvalue weighted by atomic mass is 16.7. The van der Waals surface area contributed by atoms with Gasteiger partial charge in [0, 0.05) is 25.8 Å². The maximum Gasteiger partial charge on any atom is 0.188 e. The molecule has 1 aromatic rings. The number of phenols is 1. The number of carbonyl (C=O) groups is 1. The number of hydrogen-bond acceptors (Lipinski definition) is 6. The number of methoxy groups -OCH3 is 2. The van der Waals surface area contributed by atoms with Crippen molar-refractivity contribution in [2.24, 2.45) is 0 Å². The van der Waals surface area contributed by atoms with Gasteiger partial charge in [-0.25, -0.2) is 0 Å². The third-order valence-corrected chi connectivity index (χ3v) is 2.85. The average molecular weight is 298 g/mol. The fraction of sp³-hybridized carbons (Fsp3) is 0.533. The number of carbonyl (C=O) groups excluding carboxylic acids is 1. The second-order valence-corrected chi connectivity index (χ2v) is 4.48. The predicted octanol–water partition coefficient (Wildman–Crippen LogP) is 2.51. The Morgan fingerprint density at radius 1 is 1.14 bits per heavy atom. The fourth-order valence-electron chi connectivity index (χ4n) is 1.98. The molecule has 0 unspecified atom stereocenters. The van der Waals surface area contributed by atoms with Gasteiger partial charge in [-0.1, -0.05) is 13.3 Å². The predicted molar refractivity (Wildman–Crippen MR) is 77.1 cm³/mol. The monoisotopic (exact) mass is 298 g/mol. The van der Waals surface area contributed by atoms with Crippen molar-refractivity contribution < 1.29 is 28.8 Å².